The Balaban J connectivity index is 1.69. The number of carbonyl (C=O) groups excluding carboxylic acids is 3. The summed E-state index contributed by atoms with van der Waals surface area (Å²) in [6.07, 6.45) is 3.27. The predicted octanol–water partition coefficient (Wildman–Crippen LogP) is 4.79. The van der Waals surface area contributed by atoms with Crippen LogP contribution in [-0.2, 0) is 19.6 Å². The summed E-state index contributed by atoms with van der Waals surface area (Å²) in [4.78, 5) is 45.4. The molecule has 2 fully saturated rings. The number of nitrogens with zero attached hydrogens (tertiary/aromatic N) is 2. The summed E-state index contributed by atoms with van der Waals surface area (Å²) in [6, 6.07) is 2.84. The van der Waals surface area contributed by atoms with Crippen molar-refractivity contribution in [3.63, 3.8) is 0 Å². The van der Waals surface area contributed by atoms with E-state index in [9.17, 15) is 22.8 Å². The van der Waals surface area contributed by atoms with E-state index in [0.29, 0.717) is 54.3 Å². The minimum absolute atomic E-state index is 0.0447. The van der Waals surface area contributed by atoms with Crippen LogP contribution in [0.4, 0.5) is 0 Å². The normalized spacial score (nSPS) is 19.7. The molecule has 1 aliphatic heterocycles. The van der Waals surface area contributed by atoms with Gasteiger partial charge in [0.15, 0.2) is 5.01 Å². The molecule has 0 spiro atoms. The lowest BCUT2D eigenvalue weighted by Crippen LogP contribution is -2.47. The Labute approximate surface area is 256 Å². The SMILES string of the molecule is CCC(C)(C)NS(=O)(=O)c1ccc(-c2sc(C(=O)N[C@H]3C[C@H](C(=O)OC)C3)nc2C(=O)N2CCC(C)CC2)c(Cl)c1C. The number of halogens is 1. The van der Waals surface area contributed by atoms with E-state index in [0.717, 1.165) is 24.2 Å². The highest BCUT2D eigenvalue weighted by molar-refractivity contribution is 7.89. The van der Waals surface area contributed by atoms with Crippen molar-refractivity contribution in [2.45, 2.75) is 83.2 Å². The standard InChI is InChI=1S/C29H39ClN4O6S2/c1-7-29(4,5)33-42(38,39)21-9-8-20(22(30)17(21)3)24-23(27(36)34-12-10-16(2)11-13-34)32-26(41-24)25(35)31-19-14-18(15-19)28(37)40-6/h8-9,16,18-19,33H,7,10-15H2,1-6H3,(H,31,35)/t18-,19-. The molecule has 0 bridgehead atoms. The van der Waals surface area contributed by atoms with Gasteiger partial charge < -0.3 is 15.0 Å². The van der Waals surface area contributed by atoms with E-state index in [1.54, 1.807) is 31.7 Å². The van der Waals surface area contributed by atoms with Crippen LogP contribution in [-0.4, -0.2) is 67.9 Å². The fraction of sp³-hybridized carbons (Fsp3) is 0.586. The molecule has 13 heteroatoms. The Kier molecular flexibility index (Phi) is 9.71. The van der Waals surface area contributed by atoms with Gasteiger partial charge in [-0.1, -0.05) is 31.5 Å². The van der Waals surface area contributed by atoms with Crippen molar-refractivity contribution in [3.05, 3.63) is 33.4 Å². The molecule has 42 heavy (non-hydrogen) atoms. The number of likely N-dealkylation sites (tertiary alicyclic amines) is 1. The number of aromatic nitrogens is 1. The monoisotopic (exact) mass is 638 g/mol. The summed E-state index contributed by atoms with van der Waals surface area (Å²) < 4.78 is 34.0. The number of methoxy groups -OCH3 is 1. The summed E-state index contributed by atoms with van der Waals surface area (Å²) in [5, 5.41) is 3.16. The van der Waals surface area contributed by atoms with Gasteiger partial charge in [-0.25, -0.2) is 18.1 Å². The molecule has 2 aliphatic rings. The zero-order valence-corrected chi connectivity index (χ0v) is 27.3. The average Bonchev–Trinajstić information content (AvgIpc) is 3.36. The average molecular weight is 639 g/mol. The van der Waals surface area contributed by atoms with Crippen LogP contribution < -0.4 is 10.0 Å². The van der Waals surface area contributed by atoms with Crippen LogP contribution in [0.15, 0.2) is 17.0 Å². The van der Waals surface area contributed by atoms with Gasteiger partial charge in [-0.3, -0.25) is 14.4 Å². The molecule has 1 aromatic heterocycles. The topological polar surface area (TPSA) is 135 Å². The lowest BCUT2D eigenvalue weighted by molar-refractivity contribution is -0.149. The largest absolute Gasteiger partial charge is 0.469 e. The van der Waals surface area contributed by atoms with Crippen LogP contribution in [0, 0.1) is 18.8 Å². The number of thiazole rings is 1. The van der Waals surface area contributed by atoms with Gasteiger partial charge in [0.05, 0.1) is 27.8 Å². The third-order valence-electron chi connectivity index (χ3n) is 8.27. The minimum Gasteiger partial charge on any atom is -0.469 e. The van der Waals surface area contributed by atoms with Gasteiger partial charge in [0.25, 0.3) is 11.8 Å². The lowest BCUT2D eigenvalue weighted by Gasteiger charge is -2.33. The second-order valence-electron chi connectivity index (χ2n) is 11.9. The zero-order valence-electron chi connectivity index (χ0n) is 24.9. The first-order valence-corrected chi connectivity index (χ1v) is 16.9. The third kappa shape index (κ3) is 6.82. The quantitative estimate of drug-likeness (QED) is 0.377. The lowest BCUT2D eigenvalue weighted by atomic mass is 9.80. The molecule has 1 aromatic carbocycles. The first-order valence-electron chi connectivity index (χ1n) is 14.2. The number of esters is 1. The number of ether oxygens (including phenoxy) is 1. The molecular formula is C29H39ClN4O6S2. The second-order valence-corrected chi connectivity index (χ2v) is 15.0. The fourth-order valence-electron chi connectivity index (χ4n) is 5.07. The van der Waals surface area contributed by atoms with Gasteiger partial charge in [0.1, 0.15) is 5.69 Å². The summed E-state index contributed by atoms with van der Waals surface area (Å²) in [6.45, 7) is 10.4. The number of rotatable bonds is 9. The summed E-state index contributed by atoms with van der Waals surface area (Å²) >= 11 is 7.85. The van der Waals surface area contributed by atoms with Crippen molar-refractivity contribution in [1.82, 2.24) is 19.9 Å². The molecule has 0 radical (unpaired) electrons. The molecule has 0 atom stereocenters. The Morgan fingerprint density at radius 1 is 1.19 bits per heavy atom. The van der Waals surface area contributed by atoms with E-state index in [1.165, 1.54) is 13.2 Å². The van der Waals surface area contributed by atoms with Gasteiger partial charge in [0, 0.05) is 30.2 Å². The Hall–Kier alpha value is -2.54. The first kappa shape index (κ1) is 32.4. The molecule has 2 amide bonds. The number of nitrogens with one attached hydrogen (secondary N) is 2. The van der Waals surface area contributed by atoms with Crippen molar-refractivity contribution in [1.29, 1.82) is 0 Å². The molecule has 1 saturated heterocycles. The highest BCUT2D eigenvalue weighted by atomic mass is 35.5. The van der Waals surface area contributed by atoms with Crippen molar-refractivity contribution in [2.24, 2.45) is 11.8 Å². The minimum atomic E-state index is -3.88. The van der Waals surface area contributed by atoms with Crippen LogP contribution in [0.2, 0.25) is 5.02 Å². The Morgan fingerprint density at radius 3 is 2.43 bits per heavy atom. The third-order valence-corrected chi connectivity index (χ3v) is 11.7. The summed E-state index contributed by atoms with van der Waals surface area (Å²) in [5.74, 6) is -0.777. The van der Waals surface area contributed by atoms with Gasteiger partial charge in [-0.2, -0.15) is 0 Å². The van der Waals surface area contributed by atoms with Crippen LogP contribution in [0.5, 0.6) is 0 Å². The smallest absolute Gasteiger partial charge is 0.308 e. The fourth-order valence-corrected chi connectivity index (χ4v) is 8.17. The molecule has 2 heterocycles. The van der Waals surface area contributed by atoms with Gasteiger partial charge in [-0.05, 0) is 70.4 Å². The number of hydrogen-bond donors (Lipinski definition) is 2. The molecule has 0 unspecified atom stereocenters. The number of hydrogen-bond acceptors (Lipinski definition) is 8. The number of piperidine rings is 1. The van der Waals surface area contributed by atoms with Crippen molar-refractivity contribution in [2.75, 3.05) is 20.2 Å². The maximum Gasteiger partial charge on any atom is 0.308 e. The van der Waals surface area contributed by atoms with Crippen LogP contribution in [0.25, 0.3) is 10.4 Å². The molecule has 1 saturated carbocycles. The van der Waals surface area contributed by atoms with Crippen LogP contribution in [0.1, 0.15) is 85.7 Å². The Morgan fingerprint density at radius 2 is 1.83 bits per heavy atom. The highest BCUT2D eigenvalue weighted by Crippen LogP contribution is 2.40. The van der Waals surface area contributed by atoms with E-state index in [-0.39, 0.29) is 44.5 Å². The van der Waals surface area contributed by atoms with Crippen LogP contribution in [0.3, 0.4) is 0 Å². The van der Waals surface area contributed by atoms with Gasteiger partial charge in [0.2, 0.25) is 10.0 Å². The molecular weight excluding hydrogens is 600 g/mol. The number of sulfonamides is 1. The molecule has 230 valence electrons. The van der Waals surface area contributed by atoms with Gasteiger partial charge >= 0.3 is 5.97 Å². The second kappa shape index (κ2) is 12.6. The molecule has 10 nitrogen and oxygen atoms in total. The number of carbonyl (C=O) groups is 3. The predicted molar refractivity (Wildman–Crippen MR) is 162 cm³/mol. The van der Waals surface area contributed by atoms with E-state index < -0.39 is 21.5 Å². The van der Waals surface area contributed by atoms with E-state index in [2.05, 4.69) is 21.9 Å². The van der Waals surface area contributed by atoms with Crippen molar-refractivity contribution < 1.29 is 27.5 Å². The Bertz CT molecular complexity index is 1470. The van der Waals surface area contributed by atoms with Gasteiger partial charge in [-0.15, -0.1) is 11.3 Å². The summed E-state index contributed by atoms with van der Waals surface area (Å²) in [7, 11) is -2.54. The first-order chi connectivity index (χ1) is 19.7. The van der Waals surface area contributed by atoms with Crippen LogP contribution >= 0.6 is 22.9 Å². The van der Waals surface area contributed by atoms with Crippen molar-refractivity contribution >= 4 is 50.7 Å². The van der Waals surface area contributed by atoms with E-state index in [4.69, 9.17) is 16.3 Å². The summed E-state index contributed by atoms with van der Waals surface area (Å²) in [5.41, 5.74) is 0.228. The maximum atomic E-state index is 13.7. The molecule has 2 N–H and O–H groups in total. The maximum absolute atomic E-state index is 13.7. The van der Waals surface area contributed by atoms with E-state index >= 15 is 0 Å². The molecule has 1 aliphatic carbocycles. The molecule has 4 rings (SSSR count). The molecule has 2 aromatic rings. The zero-order chi connectivity index (χ0) is 31.0. The number of benzene rings is 1. The number of amides is 2. The van der Waals surface area contributed by atoms with E-state index in [1.807, 2.05) is 6.92 Å². The van der Waals surface area contributed by atoms with Crippen molar-refractivity contribution in [3.8, 4) is 10.4 Å². The highest BCUT2D eigenvalue weighted by Gasteiger charge is 2.37.